The minimum Gasteiger partial charge on any atom is -0.334 e. The number of hydrogen-bond acceptors (Lipinski definition) is 2. The number of nitrogens with zero attached hydrogens (tertiary/aromatic N) is 1. The highest BCUT2D eigenvalue weighted by Gasteiger charge is 2.31. The van der Waals surface area contributed by atoms with Gasteiger partial charge in [-0.2, -0.15) is 0 Å². The van der Waals surface area contributed by atoms with Crippen molar-refractivity contribution in [2.24, 2.45) is 11.7 Å². The van der Waals surface area contributed by atoms with Crippen LogP contribution in [0.15, 0.2) is 12.1 Å². The van der Waals surface area contributed by atoms with Crippen LogP contribution in [0.1, 0.15) is 42.1 Å². The summed E-state index contributed by atoms with van der Waals surface area (Å²) >= 11 is 0. The average molecular weight is 296 g/mol. The lowest BCUT2D eigenvalue weighted by Gasteiger charge is -2.39. The van der Waals surface area contributed by atoms with Crippen molar-refractivity contribution in [3.8, 4) is 0 Å². The van der Waals surface area contributed by atoms with Gasteiger partial charge in [-0.25, -0.2) is 8.78 Å². The fourth-order valence-corrected chi connectivity index (χ4v) is 2.97. The van der Waals surface area contributed by atoms with Gasteiger partial charge in [-0.3, -0.25) is 4.79 Å². The molecule has 0 saturated carbocycles. The number of amides is 1. The Bertz CT molecular complexity index is 533. The van der Waals surface area contributed by atoms with Gasteiger partial charge in [-0.15, -0.1) is 0 Å². The first-order valence-corrected chi connectivity index (χ1v) is 7.44. The van der Waals surface area contributed by atoms with Crippen molar-refractivity contribution >= 4 is 5.91 Å². The van der Waals surface area contributed by atoms with Crippen molar-refractivity contribution in [2.75, 3.05) is 13.1 Å². The van der Waals surface area contributed by atoms with Crippen molar-refractivity contribution in [2.45, 2.75) is 39.2 Å². The van der Waals surface area contributed by atoms with Crippen molar-refractivity contribution in [3.63, 3.8) is 0 Å². The van der Waals surface area contributed by atoms with E-state index in [1.54, 1.807) is 4.90 Å². The van der Waals surface area contributed by atoms with Gasteiger partial charge in [0.15, 0.2) is 0 Å². The van der Waals surface area contributed by atoms with E-state index in [-0.39, 0.29) is 23.1 Å². The van der Waals surface area contributed by atoms with Crippen molar-refractivity contribution in [1.29, 1.82) is 0 Å². The van der Waals surface area contributed by atoms with Crippen LogP contribution in [0.2, 0.25) is 0 Å². The summed E-state index contributed by atoms with van der Waals surface area (Å²) in [5.74, 6) is -1.27. The molecule has 1 aromatic carbocycles. The van der Waals surface area contributed by atoms with Crippen LogP contribution < -0.4 is 5.73 Å². The van der Waals surface area contributed by atoms with Gasteiger partial charge in [0.25, 0.3) is 5.91 Å². The SMILES string of the molecule is CCC1CCN(C(=O)c2cc(C)c(F)cc2F)C(CN)C1. The molecule has 1 aliphatic heterocycles. The first-order chi connectivity index (χ1) is 9.97. The lowest BCUT2D eigenvalue weighted by atomic mass is 9.88. The van der Waals surface area contributed by atoms with E-state index >= 15 is 0 Å². The molecule has 1 aliphatic rings. The zero-order valence-electron chi connectivity index (χ0n) is 12.5. The van der Waals surface area contributed by atoms with Gasteiger partial charge in [0, 0.05) is 25.2 Å². The molecule has 1 heterocycles. The number of hydrogen-bond donors (Lipinski definition) is 1. The molecule has 0 radical (unpaired) electrons. The van der Waals surface area contributed by atoms with Crippen LogP contribution in [0.3, 0.4) is 0 Å². The number of benzene rings is 1. The van der Waals surface area contributed by atoms with E-state index in [2.05, 4.69) is 6.92 Å². The van der Waals surface area contributed by atoms with Crippen molar-refractivity contribution in [1.82, 2.24) is 4.90 Å². The number of piperidine rings is 1. The molecule has 2 N–H and O–H groups in total. The highest BCUT2D eigenvalue weighted by atomic mass is 19.1. The lowest BCUT2D eigenvalue weighted by Crippen LogP contribution is -2.49. The Morgan fingerprint density at radius 1 is 1.38 bits per heavy atom. The maximum Gasteiger partial charge on any atom is 0.257 e. The standard InChI is InChI=1S/C16H22F2N2O/c1-3-11-4-5-20(12(7-11)9-19)16(21)13-6-10(2)14(17)8-15(13)18/h6,8,11-12H,3-5,7,9,19H2,1-2H3. The number of aryl methyl sites for hydroxylation is 1. The van der Waals surface area contributed by atoms with E-state index in [1.807, 2.05) is 0 Å². The topological polar surface area (TPSA) is 46.3 Å². The van der Waals surface area contributed by atoms with Crippen LogP contribution >= 0.6 is 0 Å². The molecule has 1 saturated heterocycles. The number of nitrogens with two attached hydrogens (primary N) is 1. The predicted molar refractivity (Wildman–Crippen MR) is 78.0 cm³/mol. The summed E-state index contributed by atoms with van der Waals surface area (Å²) in [6.07, 6.45) is 2.81. The van der Waals surface area contributed by atoms with Crippen LogP contribution in [-0.2, 0) is 0 Å². The molecule has 2 atom stereocenters. The summed E-state index contributed by atoms with van der Waals surface area (Å²) in [6.45, 7) is 4.59. The molecule has 1 aromatic rings. The Labute approximate surface area is 124 Å². The van der Waals surface area contributed by atoms with Gasteiger partial charge in [-0.1, -0.05) is 13.3 Å². The second-order valence-electron chi connectivity index (χ2n) is 5.77. The van der Waals surface area contributed by atoms with E-state index in [4.69, 9.17) is 5.73 Å². The van der Waals surface area contributed by atoms with Crippen LogP contribution in [0.5, 0.6) is 0 Å². The minimum atomic E-state index is -0.809. The third-order valence-corrected chi connectivity index (χ3v) is 4.41. The number of rotatable bonds is 3. The maximum atomic E-state index is 13.9. The number of likely N-dealkylation sites (tertiary alicyclic amines) is 1. The maximum absolute atomic E-state index is 13.9. The van der Waals surface area contributed by atoms with Gasteiger partial charge in [0.05, 0.1) is 5.56 Å². The van der Waals surface area contributed by atoms with Gasteiger partial charge in [-0.05, 0) is 37.3 Å². The Balaban J connectivity index is 2.25. The highest BCUT2D eigenvalue weighted by Crippen LogP contribution is 2.27. The molecule has 1 amide bonds. The summed E-state index contributed by atoms with van der Waals surface area (Å²) < 4.78 is 27.2. The second kappa shape index (κ2) is 6.52. The van der Waals surface area contributed by atoms with Crippen LogP contribution in [0.4, 0.5) is 8.78 Å². The summed E-state index contributed by atoms with van der Waals surface area (Å²) in [6, 6.07) is 1.99. The fraction of sp³-hybridized carbons (Fsp3) is 0.562. The Morgan fingerprint density at radius 2 is 2.10 bits per heavy atom. The van der Waals surface area contributed by atoms with E-state index < -0.39 is 11.6 Å². The monoisotopic (exact) mass is 296 g/mol. The van der Waals surface area contributed by atoms with Gasteiger partial charge >= 0.3 is 0 Å². The molecule has 116 valence electrons. The third-order valence-electron chi connectivity index (χ3n) is 4.41. The van der Waals surface area contributed by atoms with Crippen molar-refractivity contribution < 1.29 is 13.6 Å². The Morgan fingerprint density at radius 3 is 2.71 bits per heavy atom. The molecule has 0 spiro atoms. The molecule has 5 heteroatoms. The Kier molecular flexibility index (Phi) is 4.93. The summed E-state index contributed by atoms with van der Waals surface area (Å²) in [5.41, 5.74) is 5.97. The number of carbonyl (C=O) groups excluding carboxylic acids is 1. The van der Waals surface area contributed by atoms with Gasteiger partial charge in [0.1, 0.15) is 11.6 Å². The minimum absolute atomic E-state index is 0.0673. The highest BCUT2D eigenvalue weighted by molar-refractivity contribution is 5.95. The zero-order chi connectivity index (χ0) is 15.6. The van der Waals surface area contributed by atoms with E-state index in [0.717, 1.165) is 25.3 Å². The van der Waals surface area contributed by atoms with E-state index in [1.165, 1.54) is 13.0 Å². The second-order valence-corrected chi connectivity index (χ2v) is 5.77. The average Bonchev–Trinajstić information content (AvgIpc) is 2.49. The van der Waals surface area contributed by atoms with Gasteiger partial charge < -0.3 is 10.6 Å². The molecule has 2 rings (SSSR count). The molecular formula is C16H22F2N2O. The van der Waals surface area contributed by atoms with Crippen molar-refractivity contribution in [3.05, 3.63) is 34.9 Å². The first-order valence-electron chi connectivity index (χ1n) is 7.44. The molecule has 3 nitrogen and oxygen atoms in total. The first kappa shape index (κ1) is 15.9. The third kappa shape index (κ3) is 3.23. The number of carbonyl (C=O) groups is 1. The molecule has 1 fully saturated rings. The smallest absolute Gasteiger partial charge is 0.257 e. The summed E-state index contributed by atoms with van der Waals surface area (Å²) in [4.78, 5) is 14.2. The quantitative estimate of drug-likeness (QED) is 0.932. The largest absolute Gasteiger partial charge is 0.334 e. The Hall–Kier alpha value is -1.49. The predicted octanol–water partition coefficient (Wildman–Crippen LogP) is 2.86. The lowest BCUT2D eigenvalue weighted by molar-refractivity contribution is 0.0553. The molecule has 2 unspecified atom stereocenters. The van der Waals surface area contributed by atoms with Gasteiger partial charge in [0.2, 0.25) is 0 Å². The molecular weight excluding hydrogens is 274 g/mol. The summed E-state index contributed by atoms with van der Waals surface area (Å²) in [5, 5.41) is 0. The number of halogens is 2. The fourth-order valence-electron chi connectivity index (χ4n) is 2.97. The summed E-state index contributed by atoms with van der Waals surface area (Å²) in [7, 11) is 0. The van der Waals surface area contributed by atoms with Crippen LogP contribution in [0, 0.1) is 24.5 Å². The van der Waals surface area contributed by atoms with Crippen LogP contribution in [0.25, 0.3) is 0 Å². The van der Waals surface area contributed by atoms with E-state index in [9.17, 15) is 13.6 Å². The normalized spacial score (nSPS) is 22.4. The molecule has 0 aromatic heterocycles. The van der Waals surface area contributed by atoms with Crippen LogP contribution in [-0.4, -0.2) is 29.9 Å². The molecule has 0 aliphatic carbocycles. The molecule has 21 heavy (non-hydrogen) atoms. The van der Waals surface area contributed by atoms with E-state index in [0.29, 0.717) is 19.0 Å². The zero-order valence-corrected chi connectivity index (χ0v) is 12.5. The molecule has 0 bridgehead atoms.